The summed E-state index contributed by atoms with van der Waals surface area (Å²) in [6.45, 7) is 1.89. The van der Waals surface area contributed by atoms with Crippen LogP contribution in [0.2, 0.25) is 0 Å². The average molecular weight is 345 g/mol. The molecule has 0 fully saturated rings. The first kappa shape index (κ1) is 12.5. The van der Waals surface area contributed by atoms with Gasteiger partial charge in [-0.15, -0.1) is 0 Å². The Morgan fingerprint density at radius 1 is 1.47 bits per heavy atom. The number of nitrogens with two attached hydrogens (primary N) is 1. The van der Waals surface area contributed by atoms with Crippen molar-refractivity contribution in [2.45, 2.75) is 19.0 Å². The number of aromatic nitrogens is 2. The molecule has 2 aromatic rings. The summed E-state index contributed by atoms with van der Waals surface area (Å²) in [5.74, 6) is -0.255. The molecule has 2 N–H and O–H groups in total. The zero-order valence-corrected chi connectivity index (χ0v) is 11.5. The number of nitrogens with zero attached hydrogens (tertiary/aromatic N) is 2. The van der Waals surface area contributed by atoms with Gasteiger partial charge in [0.15, 0.2) is 0 Å². The number of rotatable bonds is 3. The SMILES string of the molecule is CC(N)C(c1cccc(F)c1)n1cc(I)cn1. The largest absolute Gasteiger partial charge is 0.326 e. The molecular weight excluding hydrogens is 332 g/mol. The molecule has 0 radical (unpaired) electrons. The minimum absolute atomic E-state index is 0.144. The molecule has 0 aliphatic carbocycles. The topological polar surface area (TPSA) is 43.8 Å². The molecule has 1 aromatic carbocycles. The molecule has 0 aliphatic heterocycles. The van der Waals surface area contributed by atoms with Gasteiger partial charge in [-0.1, -0.05) is 12.1 Å². The molecule has 5 heteroatoms. The van der Waals surface area contributed by atoms with Gasteiger partial charge >= 0.3 is 0 Å². The number of benzene rings is 1. The molecule has 0 amide bonds. The van der Waals surface area contributed by atoms with Crippen LogP contribution < -0.4 is 5.73 Å². The molecule has 2 unspecified atom stereocenters. The molecule has 0 saturated carbocycles. The summed E-state index contributed by atoms with van der Waals surface area (Å²) in [5, 5.41) is 4.25. The number of hydrogen-bond donors (Lipinski definition) is 1. The van der Waals surface area contributed by atoms with Gasteiger partial charge in [0.25, 0.3) is 0 Å². The monoisotopic (exact) mass is 345 g/mol. The fraction of sp³-hybridized carbons (Fsp3) is 0.250. The van der Waals surface area contributed by atoms with Crippen molar-refractivity contribution in [2.75, 3.05) is 0 Å². The highest BCUT2D eigenvalue weighted by atomic mass is 127. The summed E-state index contributed by atoms with van der Waals surface area (Å²) in [6, 6.07) is 6.19. The van der Waals surface area contributed by atoms with E-state index >= 15 is 0 Å². The third-order valence-corrected chi connectivity index (χ3v) is 3.10. The van der Waals surface area contributed by atoms with Crippen LogP contribution in [-0.4, -0.2) is 15.8 Å². The van der Waals surface area contributed by atoms with E-state index in [9.17, 15) is 4.39 Å². The van der Waals surface area contributed by atoms with Crippen LogP contribution >= 0.6 is 22.6 Å². The van der Waals surface area contributed by atoms with E-state index < -0.39 is 0 Å². The van der Waals surface area contributed by atoms with Crippen molar-refractivity contribution in [3.8, 4) is 0 Å². The van der Waals surface area contributed by atoms with Crippen molar-refractivity contribution in [3.63, 3.8) is 0 Å². The van der Waals surface area contributed by atoms with Crippen LogP contribution in [0.1, 0.15) is 18.5 Å². The van der Waals surface area contributed by atoms with Crippen molar-refractivity contribution in [1.29, 1.82) is 0 Å². The van der Waals surface area contributed by atoms with E-state index in [4.69, 9.17) is 5.73 Å². The van der Waals surface area contributed by atoms with Crippen LogP contribution in [0.4, 0.5) is 4.39 Å². The zero-order valence-electron chi connectivity index (χ0n) is 9.35. The Kier molecular flexibility index (Phi) is 3.78. The van der Waals surface area contributed by atoms with Gasteiger partial charge in [0.2, 0.25) is 0 Å². The number of halogens is 2. The van der Waals surface area contributed by atoms with E-state index in [0.717, 1.165) is 9.13 Å². The van der Waals surface area contributed by atoms with E-state index in [-0.39, 0.29) is 17.9 Å². The highest BCUT2D eigenvalue weighted by Crippen LogP contribution is 2.22. The summed E-state index contributed by atoms with van der Waals surface area (Å²) in [4.78, 5) is 0. The quantitative estimate of drug-likeness (QED) is 0.869. The van der Waals surface area contributed by atoms with Crippen molar-refractivity contribution >= 4 is 22.6 Å². The van der Waals surface area contributed by atoms with E-state index in [1.807, 2.05) is 19.2 Å². The maximum absolute atomic E-state index is 13.2. The summed E-state index contributed by atoms with van der Waals surface area (Å²) in [7, 11) is 0. The molecule has 90 valence electrons. The summed E-state index contributed by atoms with van der Waals surface area (Å²) in [5.41, 5.74) is 6.81. The van der Waals surface area contributed by atoms with Crippen LogP contribution in [0.15, 0.2) is 36.7 Å². The van der Waals surface area contributed by atoms with Crippen LogP contribution in [0.25, 0.3) is 0 Å². The van der Waals surface area contributed by atoms with Crippen molar-refractivity contribution in [3.05, 3.63) is 51.6 Å². The van der Waals surface area contributed by atoms with E-state index in [1.54, 1.807) is 16.9 Å². The summed E-state index contributed by atoms with van der Waals surface area (Å²) < 4.78 is 16.1. The Morgan fingerprint density at radius 2 is 2.24 bits per heavy atom. The Bertz CT molecular complexity index is 510. The smallest absolute Gasteiger partial charge is 0.123 e. The van der Waals surface area contributed by atoms with Gasteiger partial charge in [0.05, 0.1) is 15.8 Å². The first-order chi connectivity index (χ1) is 8.08. The minimum Gasteiger partial charge on any atom is -0.326 e. The molecular formula is C12H13FIN3. The fourth-order valence-electron chi connectivity index (χ4n) is 1.85. The van der Waals surface area contributed by atoms with Gasteiger partial charge < -0.3 is 5.73 Å². The highest BCUT2D eigenvalue weighted by Gasteiger charge is 2.19. The first-order valence-electron chi connectivity index (χ1n) is 5.28. The maximum atomic E-state index is 13.2. The Morgan fingerprint density at radius 3 is 2.76 bits per heavy atom. The summed E-state index contributed by atoms with van der Waals surface area (Å²) in [6.07, 6.45) is 3.66. The lowest BCUT2D eigenvalue weighted by Crippen LogP contribution is -2.30. The standard InChI is InChI=1S/C12H13FIN3/c1-8(15)12(17-7-11(14)6-16-17)9-3-2-4-10(13)5-9/h2-8,12H,15H2,1H3. The maximum Gasteiger partial charge on any atom is 0.123 e. The molecule has 0 aliphatic rings. The van der Waals surface area contributed by atoms with E-state index in [1.165, 1.54) is 12.1 Å². The lowest BCUT2D eigenvalue weighted by atomic mass is 10.0. The third kappa shape index (κ3) is 2.84. The predicted octanol–water partition coefficient (Wildman–Crippen LogP) is 2.56. The Balaban J connectivity index is 2.42. The Labute approximate surface area is 113 Å². The van der Waals surface area contributed by atoms with Gasteiger partial charge in [0, 0.05) is 12.2 Å². The van der Waals surface area contributed by atoms with Gasteiger partial charge in [0.1, 0.15) is 5.82 Å². The molecule has 2 rings (SSSR count). The lowest BCUT2D eigenvalue weighted by Gasteiger charge is -2.21. The molecule has 2 atom stereocenters. The van der Waals surface area contributed by atoms with Crippen LogP contribution in [-0.2, 0) is 0 Å². The van der Waals surface area contributed by atoms with Gasteiger partial charge in [-0.3, -0.25) is 4.68 Å². The first-order valence-corrected chi connectivity index (χ1v) is 6.36. The molecule has 0 spiro atoms. The van der Waals surface area contributed by atoms with E-state index in [2.05, 4.69) is 27.7 Å². The number of hydrogen-bond acceptors (Lipinski definition) is 2. The zero-order chi connectivity index (χ0) is 12.4. The van der Waals surface area contributed by atoms with Crippen molar-refractivity contribution < 1.29 is 4.39 Å². The van der Waals surface area contributed by atoms with Crippen LogP contribution in [0.5, 0.6) is 0 Å². The second-order valence-electron chi connectivity index (χ2n) is 4.00. The van der Waals surface area contributed by atoms with Crippen LogP contribution in [0.3, 0.4) is 0 Å². The third-order valence-electron chi connectivity index (χ3n) is 2.54. The minimum atomic E-state index is -0.255. The molecule has 0 saturated heterocycles. The molecule has 3 nitrogen and oxygen atoms in total. The van der Waals surface area contributed by atoms with Crippen LogP contribution in [0, 0.1) is 9.39 Å². The second-order valence-corrected chi connectivity index (χ2v) is 5.24. The van der Waals surface area contributed by atoms with Gasteiger partial charge in [-0.25, -0.2) is 4.39 Å². The normalized spacial score (nSPS) is 14.6. The molecule has 1 aromatic heterocycles. The van der Waals surface area contributed by atoms with Gasteiger partial charge in [-0.05, 0) is 47.2 Å². The Hall–Kier alpha value is -0.950. The average Bonchev–Trinajstić information content (AvgIpc) is 2.64. The molecule has 0 bridgehead atoms. The highest BCUT2D eigenvalue weighted by molar-refractivity contribution is 14.1. The molecule has 17 heavy (non-hydrogen) atoms. The van der Waals surface area contributed by atoms with E-state index in [0.29, 0.717) is 0 Å². The van der Waals surface area contributed by atoms with Gasteiger partial charge in [-0.2, -0.15) is 5.10 Å². The summed E-state index contributed by atoms with van der Waals surface area (Å²) >= 11 is 2.19. The van der Waals surface area contributed by atoms with Crippen molar-refractivity contribution in [1.82, 2.24) is 9.78 Å². The lowest BCUT2D eigenvalue weighted by molar-refractivity contribution is 0.451. The fourth-order valence-corrected chi connectivity index (χ4v) is 2.26. The van der Waals surface area contributed by atoms with Crippen molar-refractivity contribution in [2.24, 2.45) is 5.73 Å². The second kappa shape index (κ2) is 5.14. The predicted molar refractivity (Wildman–Crippen MR) is 73.1 cm³/mol. The molecule has 1 heterocycles.